The van der Waals surface area contributed by atoms with Crippen molar-refractivity contribution in [1.82, 2.24) is 25.4 Å². The molecule has 1 aromatic heterocycles. The van der Waals surface area contributed by atoms with Crippen LogP contribution in [0.2, 0.25) is 0 Å². The lowest BCUT2D eigenvalue weighted by Crippen LogP contribution is -2.47. The topological polar surface area (TPSA) is 91.8 Å². The van der Waals surface area contributed by atoms with E-state index in [-0.39, 0.29) is 18.4 Å². The highest BCUT2D eigenvalue weighted by Crippen LogP contribution is 2.35. The molecule has 2 aromatic rings. The van der Waals surface area contributed by atoms with Crippen LogP contribution in [0.3, 0.4) is 0 Å². The summed E-state index contributed by atoms with van der Waals surface area (Å²) in [5.74, 6) is 1.03. The number of nitrogens with zero attached hydrogens (tertiary/aromatic N) is 2. The zero-order chi connectivity index (χ0) is 20.1. The number of carbonyl (C=O) groups is 2. The summed E-state index contributed by atoms with van der Waals surface area (Å²) in [4.78, 5) is 25.3. The fraction of sp³-hybridized carbons (Fsp3) is 0.474. The first-order valence-corrected chi connectivity index (χ1v) is 11.1. The Morgan fingerprint density at radius 3 is 2.89 bits per heavy atom. The molecule has 9 heteroatoms. The van der Waals surface area contributed by atoms with Gasteiger partial charge in [-0.3, -0.25) is 19.3 Å². The van der Waals surface area contributed by atoms with E-state index in [2.05, 4.69) is 20.8 Å². The van der Waals surface area contributed by atoms with Crippen molar-refractivity contribution in [1.29, 1.82) is 0 Å². The second kappa shape index (κ2) is 9.38. The molecular formula is C19H25N5O2S2. The Balaban J connectivity index is 1.64. The van der Waals surface area contributed by atoms with Gasteiger partial charge in [0.05, 0.1) is 6.54 Å². The molecule has 3 N–H and O–H groups in total. The van der Waals surface area contributed by atoms with Gasteiger partial charge in [-0.1, -0.05) is 17.7 Å². The fourth-order valence-electron chi connectivity index (χ4n) is 2.99. The lowest BCUT2D eigenvalue weighted by Gasteiger charge is -2.18. The highest BCUT2D eigenvalue weighted by atomic mass is 32.2. The molecule has 0 spiro atoms. The van der Waals surface area contributed by atoms with Crippen molar-refractivity contribution in [2.45, 2.75) is 44.8 Å². The Morgan fingerprint density at radius 1 is 1.43 bits per heavy atom. The number of carbonyl (C=O) groups excluding carboxylic acids is 2. The number of hydrogen-bond donors (Lipinski definition) is 3. The molecule has 1 unspecified atom stereocenters. The quantitative estimate of drug-likeness (QED) is 0.544. The summed E-state index contributed by atoms with van der Waals surface area (Å²) in [6, 6.07) is 7.11. The molecule has 1 fully saturated rings. The average Bonchev–Trinajstić information content (AvgIpc) is 3.45. The highest BCUT2D eigenvalue weighted by molar-refractivity contribution is 7.98. The molecule has 0 bridgehead atoms. The first-order valence-electron chi connectivity index (χ1n) is 9.29. The highest BCUT2D eigenvalue weighted by Gasteiger charge is 2.28. The van der Waals surface area contributed by atoms with E-state index in [1.54, 1.807) is 17.8 Å². The maximum absolute atomic E-state index is 12.8. The summed E-state index contributed by atoms with van der Waals surface area (Å²) < 4.78 is 2.55. The van der Waals surface area contributed by atoms with Crippen molar-refractivity contribution in [2.75, 3.05) is 12.0 Å². The maximum Gasteiger partial charge on any atom is 0.251 e. The van der Waals surface area contributed by atoms with Crippen LogP contribution in [-0.4, -0.2) is 44.6 Å². The summed E-state index contributed by atoms with van der Waals surface area (Å²) in [5, 5.41) is 12.8. The van der Waals surface area contributed by atoms with E-state index in [9.17, 15) is 9.59 Å². The van der Waals surface area contributed by atoms with Crippen molar-refractivity contribution in [2.24, 2.45) is 0 Å². The number of rotatable bonds is 9. The fourth-order valence-corrected chi connectivity index (χ4v) is 3.76. The normalized spacial score (nSPS) is 14.5. The van der Waals surface area contributed by atoms with Crippen LogP contribution in [-0.2, 0) is 11.3 Å². The summed E-state index contributed by atoms with van der Waals surface area (Å²) in [5.41, 5.74) is 1.55. The van der Waals surface area contributed by atoms with Gasteiger partial charge in [-0.25, -0.2) is 0 Å². The Morgan fingerprint density at radius 2 is 2.21 bits per heavy atom. The van der Waals surface area contributed by atoms with Crippen molar-refractivity contribution in [3.05, 3.63) is 46.0 Å². The molecule has 0 radical (unpaired) electrons. The van der Waals surface area contributed by atoms with Crippen LogP contribution >= 0.6 is 24.0 Å². The summed E-state index contributed by atoms with van der Waals surface area (Å²) in [6.45, 7) is 2.21. The number of H-pyrrole nitrogens is 1. The molecule has 1 atom stereocenters. The van der Waals surface area contributed by atoms with Crippen LogP contribution in [0.1, 0.15) is 47.1 Å². The van der Waals surface area contributed by atoms with Gasteiger partial charge in [0.25, 0.3) is 5.91 Å². The molecule has 1 aliphatic rings. The van der Waals surface area contributed by atoms with E-state index in [0.29, 0.717) is 22.8 Å². The molecule has 1 aliphatic carbocycles. The number of thioether (sulfide) groups is 1. The van der Waals surface area contributed by atoms with Gasteiger partial charge < -0.3 is 10.6 Å². The number of aromatic amines is 1. The molecular weight excluding hydrogens is 394 g/mol. The Bertz CT molecular complexity index is 904. The van der Waals surface area contributed by atoms with E-state index in [0.717, 1.165) is 30.0 Å². The molecule has 1 aromatic carbocycles. The molecule has 150 valence electrons. The Kier molecular flexibility index (Phi) is 6.90. The van der Waals surface area contributed by atoms with E-state index in [4.69, 9.17) is 12.2 Å². The second-order valence-corrected chi connectivity index (χ2v) is 8.31. The van der Waals surface area contributed by atoms with Crippen molar-refractivity contribution in [3.63, 3.8) is 0 Å². The van der Waals surface area contributed by atoms with Crippen LogP contribution < -0.4 is 10.6 Å². The largest absolute Gasteiger partial charge is 0.347 e. The second-order valence-electron chi connectivity index (χ2n) is 6.94. The molecule has 1 heterocycles. The van der Waals surface area contributed by atoms with Gasteiger partial charge in [-0.2, -0.15) is 16.9 Å². The SMILES string of the molecule is CSCCC(NC(=O)c1cccc(C)c1)C(=O)NCc1n[nH]c(=S)n1C1CC1. The molecule has 0 saturated heterocycles. The lowest BCUT2D eigenvalue weighted by atomic mass is 10.1. The van der Waals surface area contributed by atoms with Crippen LogP contribution in [0.4, 0.5) is 0 Å². The first-order chi connectivity index (χ1) is 13.5. The van der Waals surface area contributed by atoms with Crippen molar-refractivity contribution in [3.8, 4) is 0 Å². The van der Waals surface area contributed by atoms with Gasteiger partial charge in [0, 0.05) is 11.6 Å². The summed E-state index contributed by atoms with van der Waals surface area (Å²) in [6.07, 6.45) is 4.69. The molecule has 7 nitrogen and oxygen atoms in total. The zero-order valence-electron chi connectivity index (χ0n) is 16.0. The van der Waals surface area contributed by atoms with Crippen molar-refractivity contribution < 1.29 is 9.59 Å². The number of aryl methyl sites for hydroxylation is 1. The maximum atomic E-state index is 12.8. The Hall–Kier alpha value is -2.13. The van der Waals surface area contributed by atoms with Crippen molar-refractivity contribution >= 4 is 35.8 Å². The van der Waals surface area contributed by atoms with Gasteiger partial charge in [-0.05, 0) is 62.5 Å². The van der Waals surface area contributed by atoms with Crippen LogP contribution in [0.15, 0.2) is 24.3 Å². The third-order valence-electron chi connectivity index (χ3n) is 4.62. The summed E-state index contributed by atoms with van der Waals surface area (Å²) in [7, 11) is 0. The van der Waals surface area contributed by atoms with E-state index >= 15 is 0 Å². The third kappa shape index (κ3) is 5.23. The molecule has 28 heavy (non-hydrogen) atoms. The van der Waals surface area contributed by atoms with E-state index in [1.807, 2.05) is 35.9 Å². The summed E-state index contributed by atoms with van der Waals surface area (Å²) >= 11 is 6.91. The minimum Gasteiger partial charge on any atom is -0.347 e. The van der Waals surface area contributed by atoms with Gasteiger partial charge >= 0.3 is 0 Å². The predicted molar refractivity (Wildman–Crippen MR) is 113 cm³/mol. The smallest absolute Gasteiger partial charge is 0.251 e. The third-order valence-corrected chi connectivity index (χ3v) is 5.55. The van der Waals surface area contributed by atoms with Gasteiger partial charge in [0.2, 0.25) is 5.91 Å². The molecule has 1 saturated carbocycles. The van der Waals surface area contributed by atoms with Crippen LogP contribution in [0.25, 0.3) is 0 Å². The number of amides is 2. The first kappa shape index (κ1) is 20.6. The van der Waals surface area contributed by atoms with E-state index < -0.39 is 6.04 Å². The number of aromatic nitrogens is 3. The average molecular weight is 420 g/mol. The lowest BCUT2D eigenvalue weighted by molar-refractivity contribution is -0.123. The molecule has 0 aliphatic heterocycles. The minimum absolute atomic E-state index is 0.216. The predicted octanol–water partition coefficient (Wildman–Crippen LogP) is 2.75. The van der Waals surface area contributed by atoms with E-state index in [1.165, 1.54) is 0 Å². The number of hydrogen-bond acceptors (Lipinski definition) is 5. The van der Waals surface area contributed by atoms with Crippen LogP contribution in [0, 0.1) is 11.7 Å². The number of benzene rings is 1. The standard InChI is InChI=1S/C19H25N5O2S2/c1-12-4-3-5-13(10-12)17(25)21-15(8-9-28-2)18(26)20-11-16-22-23-19(27)24(16)14-6-7-14/h3-5,10,14-15H,6-9,11H2,1-2H3,(H,20,26)(H,21,25)(H,23,27). The van der Waals surface area contributed by atoms with Crippen LogP contribution in [0.5, 0.6) is 0 Å². The minimum atomic E-state index is -0.600. The molecule has 2 amide bonds. The Labute approximate surface area is 173 Å². The van der Waals surface area contributed by atoms with Gasteiger partial charge in [-0.15, -0.1) is 0 Å². The monoisotopic (exact) mass is 419 g/mol. The van der Waals surface area contributed by atoms with Gasteiger partial charge in [0.1, 0.15) is 6.04 Å². The molecule has 3 rings (SSSR count). The van der Waals surface area contributed by atoms with Gasteiger partial charge in [0.15, 0.2) is 10.6 Å². The zero-order valence-corrected chi connectivity index (χ0v) is 17.7. The number of nitrogens with one attached hydrogen (secondary N) is 3.